The minimum absolute atomic E-state index is 0.163. The molecule has 0 radical (unpaired) electrons. The molecule has 5 aromatic heterocycles. The molecule has 0 spiro atoms. The van der Waals surface area contributed by atoms with Crippen molar-refractivity contribution in [2.75, 3.05) is 24.1 Å². The van der Waals surface area contributed by atoms with Crippen molar-refractivity contribution in [1.29, 1.82) is 5.26 Å². The molecule has 1 aliphatic heterocycles. The van der Waals surface area contributed by atoms with Gasteiger partial charge in [0.25, 0.3) is 0 Å². The zero-order valence-electron chi connectivity index (χ0n) is 23.5. The Morgan fingerprint density at radius 3 is 2.61 bits per heavy atom. The quantitative estimate of drug-likeness (QED) is 0.257. The molecule has 44 heavy (non-hydrogen) atoms. The number of nitrogens with two attached hydrogens (primary N) is 1. The van der Waals surface area contributed by atoms with Gasteiger partial charge < -0.3 is 16.0 Å². The lowest BCUT2D eigenvalue weighted by Gasteiger charge is -2.15. The van der Waals surface area contributed by atoms with E-state index in [0.717, 1.165) is 31.7 Å². The summed E-state index contributed by atoms with van der Waals surface area (Å²) in [5, 5.41) is 12.5. The van der Waals surface area contributed by atoms with Gasteiger partial charge in [0.1, 0.15) is 35.6 Å². The Morgan fingerprint density at radius 1 is 0.955 bits per heavy atom. The largest absolute Gasteiger partial charge is 0.383 e. The predicted octanol–water partition coefficient (Wildman–Crippen LogP) is 3.20. The maximum Gasteiger partial charge on any atom is 0.234 e. The van der Waals surface area contributed by atoms with E-state index in [1.54, 1.807) is 24.5 Å². The van der Waals surface area contributed by atoms with Crippen LogP contribution in [0.1, 0.15) is 17.8 Å². The number of hydrogen-bond acceptors (Lipinski definition) is 9. The average Bonchev–Trinajstić information content (AvgIpc) is 3.65. The van der Waals surface area contributed by atoms with Crippen molar-refractivity contribution >= 4 is 22.8 Å². The van der Waals surface area contributed by atoms with Crippen LogP contribution in [0.2, 0.25) is 0 Å². The second kappa shape index (κ2) is 11.5. The lowest BCUT2D eigenvalue weighted by atomic mass is 10.1. The number of halogens is 1. The third-order valence-electron chi connectivity index (χ3n) is 7.71. The molecule has 1 aliphatic rings. The van der Waals surface area contributed by atoms with E-state index < -0.39 is 5.82 Å². The molecule has 0 saturated carbocycles. The highest BCUT2D eigenvalue weighted by Gasteiger charge is 2.27. The van der Waals surface area contributed by atoms with Gasteiger partial charge in [0.05, 0.1) is 42.3 Å². The highest BCUT2D eigenvalue weighted by molar-refractivity contribution is 5.84. The molecule has 0 amide bonds. The number of hydrogen-bond donors (Lipinski definition) is 3. The van der Waals surface area contributed by atoms with E-state index in [9.17, 15) is 4.39 Å². The van der Waals surface area contributed by atoms with Crippen LogP contribution < -0.4 is 16.0 Å². The van der Waals surface area contributed by atoms with Crippen LogP contribution in [0, 0.1) is 17.1 Å². The van der Waals surface area contributed by atoms with E-state index in [1.165, 1.54) is 22.7 Å². The fourth-order valence-corrected chi connectivity index (χ4v) is 5.63. The van der Waals surface area contributed by atoms with Crippen molar-refractivity contribution in [3.05, 3.63) is 103 Å². The van der Waals surface area contributed by atoms with Crippen molar-refractivity contribution in [2.24, 2.45) is 0 Å². The number of imidazole rings is 1. The topological polar surface area (TPSA) is 149 Å². The van der Waals surface area contributed by atoms with Gasteiger partial charge in [-0.05, 0) is 54.6 Å². The predicted molar refractivity (Wildman–Crippen MR) is 163 cm³/mol. The zero-order valence-corrected chi connectivity index (χ0v) is 23.5. The summed E-state index contributed by atoms with van der Waals surface area (Å²) in [6.45, 7) is 2.84. The summed E-state index contributed by atoms with van der Waals surface area (Å²) < 4.78 is 15.5. The molecule has 0 aliphatic carbocycles. The van der Waals surface area contributed by atoms with Crippen LogP contribution >= 0.6 is 0 Å². The number of anilines is 2. The fraction of sp³-hybridized carbons (Fsp3) is 0.156. The molecule has 1 saturated heterocycles. The Bertz CT molecular complexity index is 2000. The van der Waals surface area contributed by atoms with Gasteiger partial charge in [0.2, 0.25) is 5.82 Å². The van der Waals surface area contributed by atoms with Gasteiger partial charge in [-0.15, -0.1) is 0 Å². The van der Waals surface area contributed by atoms with E-state index in [4.69, 9.17) is 21.0 Å². The number of likely N-dealkylation sites (tertiary alicyclic amines) is 1. The molecule has 4 N–H and O–H groups in total. The van der Waals surface area contributed by atoms with E-state index in [0.29, 0.717) is 45.6 Å². The number of pyridine rings is 3. The molecular formula is C32H27FN11+. The average molecular weight is 585 g/mol. The first-order valence-corrected chi connectivity index (χ1v) is 14.2. The van der Waals surface area contributed by atoms with Gasteiger partial charge in [-0.2, -0.15) is 5.26 Å². The number of aromatic nitrogens is 7. The molecule has 11 nitrogen and oxygen atoms in total. The number of nitrogens with one attached hydrogen (secondary N) is 2. The fourth-order valence-electron chi connectivity index (χ4n) is 5.63. The minimum Gasteiger partial charge on any atom is -0.383 e. The Morgan fingerprint density at radius 2 is 1.82 bits per heavy atom. The van der Waals surface area contributed by atoms with Gasteiger partial charge in [-0.25, -0.2) is 29.3 Å². The van der Waals surface area contributed by atoms with Crippen molar-refractivity contribution < 1.29 is 9.29 Å². The molecule has 1 fully saturated rings. The number of nitrogen functional groups attached to an aromatic ring is 1. The van der Waals surface area contributed by atoms with Crippen molar-refractivity contribution in [2.45, 2.75) is 19.0 Å². The van der Waals surface area contributed by atoms with Gasteiger partial charge in [0.15, 0.2) is 11.5 Å². The zero-order chi connectivity index (χ0) is 30.0. The first-order valence-electron chi connectivity index (χ1n) is 14.2. The lowest BCUT2D eigenvalue weighted by Crippen LogP contribution is -3.09. The maximum atomic E-state index is 13.5. The summed E-state index contributed by atoms with van der Waals surface area (Å²) in [6.07, 6.45) is 5.44. The monoisotopic (exact) mass is 584 g/mol. The van der Waals surface area contributed by atoms with Crippen LogP contribution in [0.25, 0.3) is 39.6 Å². The summed E-state index contributed by atoms with van der Waals surface area (Å²) in [4.78, 5) is 27.9. The molecule has 7 rings (SSSR count). The van der Waals surface area contributed by atoms with Gasteiger partial charge in [-0.1, -0.05) is 12.1 Å². The lowest BCUT2D eigenvalue weighted by molar-refractivity contribution is -0.901. The van der Waals surface area contributed by atoms with Gasteiger partial charge in [0, 0.05) is 30.1 Å². The van der Waals surface area contributed by atoms with Crippen LogP contribution in [0.15, 0.2) is 85.3 Å². The molecule has 0 bridgehead atoms. The Labute approximate surface area is 251 Å². The Hall–Kier alpha value is -5.80. The normalized spacial score (nSPS) is 16.2. The third kappa shape index (κ3) is 5.39. The van der Waals surface area contributed by atoms with E-state index >= 15 is 0 Å². The smallest absolute Gasteiger partial charge is 0.234 e. The second-order valence-corrected chi connectivity index (χ2v) is 10.7. The maximum absolute atomic E-state index is 13.5. The molecule has 1 aromatic carbocycles. The molecular weight excluding hydrogens is 557 g/mol. The molecule has 6 heterocycles. The highest BCUT2D eigenvalue weighted by atomic mass is 19.1. The molecule has 6 aromatic rings. The minimum atomic E-state index is -0.406. The van der Waals surface area contributed by atoms with Gasteiger partial charge in [-0.3, -0.25) is 9.55 Å². The summed E-state index contributed by atoms with van der Waals surface area (Å²) in [5.41, 5.74) is 11.5. The van der Waals surface area contributed by atoms with Crippen molar-refractivity contribution in [3.63, 3.8) is 0 Å². The number of nitriles is 1. The third-order valence-corrected chi connectivity index (χ3v) is 7.71. The van der Waals surface area contributed by atoms with Crippen LogP contribution in [-0.2, 0) is 6.54 Å². The van der Waals surface area contributed by atoms with Crippen LogP contribution in [0.4, 0.5) is 16.0 Å². The molecule has 12 heteroatoms. The number of nitrogens with zero attached hydrogens (tertiary/aromatic N) is 8. The Balaban J connectivity index is 1.17. The standard InChI is InChI=1S/C32H26FN11/c33-21-5-8-25(38-17-21)26-9-10-27-32(40-26)44(31(41-27)24-2-1-13-37-30(24)35)23-6-3-20(4-7-23)18-43-15-12-22(19-43)39-28-11-14-36-29(16-34)42-28/h1-11,13-14,17,22H,12,15,18-19H2,(H2,35,37)(H,36,39,42)/p+1. The SMILES string of the molecule is N#Cc1nccc(NC2CC[NH+](Cc3ccc(-n4c(-c5cccnc5N)nc5ccc(-c6ccc(F)cn6)nc54)cc3)C2)n1. The van der Waals surface area contributed by atoms with Crippen LogP contribution in [0.5, 0.6) is 0 Å². The number of fused-ring (bicyclic) bond motifs is 1. The number of benzene rings is 1. The molecule has 2 unspecified atom stereocenters. The first kappa shape index (κ1) is 27.1. The molecule has 2 atom stereocenters. The first-order chi connectivity index (χ1) is 21.5. The number of quaternary nitrogens is 1. The summed E-state index contributed by atoms with van der Waals surface area (Å²) in [6, 6.07) is 22.8. The highest BCUT2D eigenvalue weighted by Crippen LogP contribution is 2.31. The van der Waals surface area contributed by atoms with E-state index in [1.807, 2.05) is 34.9 Å². The van der Waals surface area contributed by atoms with Crippen LogP contribution in [0.3, 0.4) is 0 Å². The Kier molecular flexibility index (Phi) is 7.05. The van der Waals surface area contributed by atoms with Crippen molar-refractivity contribution in [3.8, 4) is 34.5 Å². The second-order valence-electron chi connectivity index (χ2n) is 10.7. The summed E-state index contributed by atoms with van der Waals surface area (Å²) in [5.74, 6) is 1.43. The van der Waals surface area contributed by atoms with E-state index in [-0.39, 0.29) is 11.9 Å². The van der Waals surface area contributed by atoms with E-state index in [2.05, 4.69) is 49.5 Å². The summed E-state index contributed by atoms with van der Waals surface area (Å²) >= 11 is 0. The number of rotatable bonds is 7. The van der Waals surface area contributed by atoms with Crippen LogP contribution in [-0.4, -0.2) is 53.6 Å². The van der Waals surface area contributed by atoms with Crippen molar-refractivity contribution in [1.82, 2.24) is 34.5 Å². The van der Waals surface area contributed by atoms with Gasteiger partial charge >= 0.3 is 0 Å². The summed E-state index contributed by atoms with van der Waals surface area (Å²) in [7, 11) is 0. The molecule has 216 valence electrons.